The van der Waals surface area contributed by atoms with Gasteiger partial charge in [0.05, 0.1) is 10.8 Å². The number of carbonyl (C=O) groups is 2. The van der Waals surface area contributed by atoms with Crippen LogP contribution < -0.4 is 5.32 Å². The van der Waals surface area contributed by atoms with Gasteiger partial charge in [-0.25, -0.2) is 0 Å². The van der Waals surface area contributed by atoms with Gasteiger partial charge >= 0.3 is 0 Å². The summed E-state index contributed by atoms with van der Waals surface area (Å²) in [4.78, 5) is 41.3. The Bertz CT molecular complexity index is 1330. The third-order valence-electron chi connectivity index (χ3n) is 7.34. The summed E-state index contributed by atoms with van der Waals surface area (Å²) in [6.45, 7) is 0. The number of ketones is 1. The molecule has 1 spiro atoms. The molecule has 6 rings (SSSR count). The lowest BCUT2D eigenvalue weighted by molar-refractivity contribution is -0.384. The van der Waals surface area contributed by atoms with Crippen molar-refractivity contribution in [2.24, 2.45) is 5.92 Å². The van der Waals surface area contributed by atoms with Crippen LogP contribution in [0.3, 0.4) is 0 Å². The molecule has 170 valence electrons. The molecule has 1 amide bonds. The third kappa shape index (κ3) is 2.82. The Labute approximate surface area is 200 Å². The van der Waals surface area contributed by atoms with Gasteiger partial charge in [-0.3, -0.25) is 24.6 Å². The molecule has 0 aliphatic carbocycles. The van der Waals surface area contributed by atoms with Gasteiger partial charge in [-0.05, 0) is 11.6 Å². The summed E-state index contributed by atoms with van der Waals surface area (Å²) >= 11 is 1.76. The highest BCUT2D eigenvalue weighted by atomic mass is 32.2. The van der Waals surface area contributed by atoms with Crippen LogP contribution in [0, 0.1) is 16.0 Å². The first kappa shape index (κ1) is 21.1. The molecule has 4 atom stereocenters. The van der Waals surface area contributed by atoms with E-state index in [-0.39, 0.29) is 34.9 Å². The number of benzene rings is 3. The van der Waals surface area contributed by atoms with E-state index in [1.807, 2.05) is 54.6 Å². The summed E-state index contributed by atoms with van der Waals surface area (Å²) in [7, 11) is 0. The summed E-state index contributed by atoms with van der Waals surface area (Å²) in [5.74, 6) is 0.0165. The van der Waals surface area contributed by atoms with Crippen molar-refractivity contribution >= 4 is 34.8 Å². The fourth-order valence-electron chi connectivity index (χ4n) is 6.03. The molecule has 7 nitrogen and oxygen atoms in total. The van der Waals surface area contributed by atoms with Gasteiger partial charge < -0.3 is 5.32 Å². The standard InChI is InChI=1S/C26H21N3O4S/c30-24(17-9-6-10-18(13-17)29(32)33)23-22(16-7-2-1-3-8-16)21-14-34-15-28(21)26(23)19-11-4-5-12-20(19)27-25(26)31/h1-13,21-23H,14-15H2,(H,27,31)/t21-,22-,23+,26+/m1/s1. The summed E-state index contributed by atoms with van der Waals surface area (Å²) in [6.07, 6.45) is 0. The fraction of sp³-hybridized carbons (Fsp3) is 0.231. The van der Waals surface area contributed by atoms with Gasteiger partial charge in [0.1, 0.15) is 5.54 Å². The van der Waals surface area contributed by atoms with Crippen LogP contribution >= 0.6 is 11.8 Å². The van der Waals surface area contributed by atoms with Gasteiger partial charge in [-0.2, -0.15) is 0 Å². The van der Waals surface area contributed by atoms with Gasteiger partial charge in [0.15, 0.2) is 5.78 Å². The summed E-state index contributed by atoms with van der Waals surface area (Å²) in [6, 6.07) is 23.2. The van der Waals surface area contributed by atoms with Crippen LogP contribution in [-0.4, -0.2) is 39.2 Å². The minimum Gasteiger partial charge on any atom is -0.324 e. The Balaban J connectivity index is 1.60. The van der Waals surface area contributed by atoms with E-state index in [9.17, 15) is 19.7 Å². The lowest BCUT2D eigenvalue weighted by Gasteiger charge is -2.36. The molecule has 34 heavy (non-hydrogen) atoms. The minimum absolute atomic E-state index is 0.0167. The Morgan fingerprint density at radius 1 is 1.06 bits per heavy atom. The van der Waals surface area contributed by atoms with Crippen LogP contribution in [0.4, 0.5) is 11.4 Å². The summed E-state index contributed by atoms with van der Waals surface area (Å²) in [5.41, 5.74) is 1.46. The second-order valence-corrected chi connectivity index (χ2v) is 9.89. The molecule has 3 aromatic rings. The minimum atomic E-state index is -1.17. The maximum Gasteiger partial charge on any atom is 0.270 e. The smallest absolute Gasteiger partial charge is 0.270 e. The van der Waals surface area contributed by atoms with Crippen LogP contribution in [0.15, 0.2) is 78.9 Å². The molecular formula is C26H21N3O4S. The summed E-state index contributed by atoms with van der Waals surface area (Å²) in [5, 5.41) is 14.5. The fourth-order valence-corrected chi connectivity index (χ4v) is 7.36. The van der Waals surface area contributed by atoms with E-state index >= 15 is 0 Å². The van der Waals surface area contributed by atoms with E-state index in [1.54, 1.807) is 17.8 Å². The van der Waals surface area contributed by atoms with Crippen LogP contribution in [0.25, 0.3) is 0 Å². The predicted octanol–water partition coefficient (Wildman–Crippen LogP) is 4.41. The van der Waals surface area contributed by atoms with Gasteiger partial charge in [-0.15, -0.1) is 11.8 Å². The highest BCUT2D eigenvalue weighted by Gasteiger charge is 2.69. The van der Waals surface area contributed by atoms with E-state index in [4.69, 9.17) is 0 Å². The molecule has 3 aliphatic rings. The number of hydrogen-bond acceptors (Lipinski definition) is 6. The second kappa shape index (κ2) is 7.78. The number of carbonyl (C=O) groups excluding carboxylic acids is 2. The maximum atomic E-state index is 14.3. The molecular weight excluding hydrogens is 450 g/mol. The molecule has 0 aromatic heterocycles. The second-order valence-electron chi connectivity index (χ2n) is 8.89. The number of hydrogen-bond donors (Lipinski definition) is 1. The number of Topliss-reactive ketones (excluding diaryl/α,β-unsaturated/α-hetero) is 1. The van der Waals surface area contributed by atoms with Gasteiger partial charge in [0.25, 0.3) is 5.69 Å². The maximum absolute atomic E-state index is 14.3. The topological polar surface area (TPSA) is 92.5 Å². The number of non-ortho nitro benzene ring substituents is 1. The van der Waals surface area contributed by atoms with Gasteiger partial charge in [0, 0.05) is 52.5 Å². The number of amides is 1. The molecule has 0 radical (unpaired) electrons. The average Bonchev–Trinajstić information content (AvgIpc) is 3.52. The molecule has 3 heterocycles. The van der Waals surface area contributed by atoms with Crippen molar-refractivity contribution in [3.63, 3.8) is 0 Å². The van der Waals surface area contributed by atoms with Crippen molar-refractivity contribution in [3.05, 3.63) is 106 Å². The lowest BCUT2D eigenvalue weighted by atomic mass is 9.69. The predicted molar refractivity (Wildman–Crippen MR) is 130 cm³/mol. The number of rotatable bonds is 4. The monoisotopic (exact) mass is 471 g/mol. The quantitative estimate of drug-likeness (QED) is 0.344. The Morgan fingerprint density at radius 2 is 1.82 bits per heavy atom. The van der Waals surface area contributed by atoms with Gasteiger partial charge in [0.2, 0.25) is 5.91 Å². The van der Waals surface area contributed by atoms with Gasteiger partial charge in [-0.1, -0.05) is 60.7 Å². The summed E-state index contributed by atoms with van der Waals surface area (Å²) < 4.78 is 0. The number of nitrogens with zero attached hydrogens (tertiary/aromatic N) is 2. The number of thioether (sulfide) groups is 1. The largest absolute Gasteiger partial charge is 0.324 e. The number of nitro benzene ring substituents is 1. The zero-order valence-corrected chi connectivity index (χ0v) is 18.9. The molecule has 0 unspecified atom stereocenters. The molecule has 0 saturated carbocycles. The van der Waals surface area contributed by atoms with Crippen molar-refractivity contribution in [1.82, 2.24) is 4.90 Å². The highest BCUT2D eigenvalue weighted by Crippen LogP contribution is 2.61. The van der Waals surface area contributed by atoms with Crippen molar-refractivity contribution < 1.29 is 14.5 Å². The number of anilines is 1. The Morgan fingerprint density at radius 3 is 2.62 bits per heavy atom. The first-order valence-corrected chi connectivity index (χ1v) is 12.3. The number of para-hydroxylation sites is 1. The zero-order chi connectivity index (χ0) is 23.4. The van der Waals surface area contributed by atoms with Crippen molar-refractivity contribution in [3.8, 4) is 0 Å². The van der Waals surface area contributed by atoms with E-state index in [0.717, 1.165) is 16.9 Å². The molecule has 8 heteroatoms. The van der Waals surface area contributed by atoms with E-state index in [1.165, 1.54) is 18.2 Å². The van der Waals surface area contributed by atoms with E-state index in [0.29, 0.717) is 11.6 Å². The van der Waals surface area contributed by atoms with Crippen LogP contribution in [-0.2, 0) is 10.3 Å². The molecule has 1 N–H and O–H groups in total. The molecule has 2 fully saturated rings. The number of fused-ring (bicyclic) bond motifs is 4. The first-order valence-electron chi connectivity index (χ1n) is 11.1. The molecule has 3 aliphatic heterocycles. The molecule has 0 bridgehead atoms. The molecule has 2 saturated heterocycles. The van der Waals surface area contributed by atoms with Crippen LogP contribution in [0.1, 0.15) is 27.4 Å². The van der Waals surface area contributed by atoms with E-state index in [2.05, 4.69) is 10.2 Å². The number of nitro groups is 1. The number of nitrogens with one attached hydrogen (secondary N) is 1. The van der Waals surface area contributed by atoms with E-state index < -0.39 is 16.4 Å². The SMILES string of the molecule is O=C(c1cccc([N+](=O)[O-])c1)[C@@H]1[C@H](c2ccccc2)[C@H]2CSCN2[C@]12C(=O)Nc1ccccc12. The van der Waals surface area contributed by atoms with Crippen molar-refractivity contribution in [2.75, 3.05) is 16.9 Å². The van der Waals surface area contributed by atoms with Crippen molar-refractivity contribution in [2.45, 2.75) is 17.5 Å². The highest BCUT2D eigenvalue weighted by molar-refractivity contribution is 7.99. The first-order chi connectivity index (χ1) is 16.5. The Kier molecular flexibility index (Phi) is 4.82. The average molecular weight is 472 g/mol. The van der Waals surface area contributed by atoms with Crippen LogP contribution in [0.2, 0.25) is 0 Å². The van der Waals surface area contributed by atoms with Crippen LogP contribution in [0.5, 0.6) is 0 Å². The molecule has 3 aromatic carbocycles. The normalized spacial score (nSPS) is 27.4. The zero-order valence-electron chi connectivity index (χ0n) is 18.1. The third-order valence-corrected chi connectivity index (χ3v) is 8.37. The lowest BCUT2D eigenvalue weighted by Crippen LogP contribution is -2.52. The van der Waals surface area contributed by atoms with Crippen molar-refractivity contribution in [1.29, 1.82) is 0 Å². The Hall–Kier alpha value is -3.49.